The Morgan fingerprint density at radius 1 is 1.36 bits per heavy atom. The molecule has 0 spiro atoms. The van der Waals surface area contributed by atoms with Crippen molar-refractivity contribution in [2.45, 2.75) is 13.3 Å². The van der Waals surface area contributed by atoms with Crippen molar-refractivity contribution in [1.29, 1.82) is 0 Å². The summed E-state index contributed by atoms with van der Waals surface area (Å²) in [6.07, 6.45) is 0.209. The number of benzene rings is 1. The maximum Gasteiger partial charge on any atom is 0.310 e. The number of alkyl halides is 1. The van der Waals surface area contributed by atoms with Crippen molar-refractivity contribution < 1.29 is 13.9 Å². The third kappa shape index (κ3) is 3.56. The highest BCUT2D eigenvalue weighted by Crippen LogP contribution is 2.04. The number of carbonyl (C=O) groups is 1. The van der Waals surface area contributed by atoms with E-state index in [0.29, 0.717) is 0 Å². The van der Waals surface area contributed by atoms with Gasteiger partial charge in [0.1, 0.15) is 13.3 Å². The van der Waals surface area contributed by atoms with Crippen LogP contribution in [0.5, 0.6) is 0 Å². The first kappa shape index (κ1) is 10.7. The van der Waals surface area contributed by atoms with Crippen molar-refractivity contribution in [2.75, 3.05) is 13.3 Å². The predicted octanol–water partition coefficient (Wildman–Crippen LogP) is 2.05. The van der Waals surface area contributed by atoms with E-state index in [-0.39, 0.29) is 19.0 Å². The summed E-state index contributed by atoms with van der Waals surface area (Å²) in [5, 5.41) is 0. The van der Waals surface area contributed by atoms with Crippen LogP contribution >= 0.6 is 0 Å². The molecule has 0 unspecified atom stereocenters. The van der Waals surface area contributed by atoms with E-state index in [2.05, 4.69) is 4.74 Å². The Kier molecular flexibility index (Phi) is 4.11. The Morgan fingerprint density at radius 2 is 2.00 bits per heavy atom. The van der Waals surface area contributed by atoms with Crippen molar-refractivity contribution in [3.05, 3.63) is 35.4 Å². The van der Waals surface area contributed by atoms with Crippen molar-refractivity contribution in [1.82, 2.24) is 0 Å². The molecule has 1 rings (SSSR count). The van der Waals surface area contributed by atoms with Crippen LogP contribution in [-0.4, -0.2) is 19.3 Å². The minimum Gasteiger partial charge on any atom is -0.463 e. The number of hydrogen-bond acceptors (Lipinski definition) is 2. The Bertz CT molecular complexity index is 293. The van der Waals surface area contributed by atoms with E-state index >= 15 is 0 Å². The SMILES string of the molecule is Cc1ccc(CC(=O)OCCF)cc1. The Hall–Kier alpha value is -1.38. The molecule has 1 aromatic carbocycles. The molecule has 2 nitrogen and oxygen atoms in total. The van der Waals surface area contributed by atoms with Crippen LogP contribution in [0.25, 0.3) is 0 Å². The second-order valence-electron chi connectivity index (χ2n) is 3.07. The summed E-state index contributed by atoms with van der Waals surface area (Å²) in [4.78, 5) is 11.1. The van der Waals surface area contributed by atoms with Gasteiger partial charge in [-0.25, -0.2) is 4.39 Å². The van der Waals surface area contributed by atoms with Gasteiger partial charge < -0.3 is 4.74 Å². The molecule has 0 fully saturated rings. The normalized spacial score (nSPS) is 9.86. The average Bonchev–Trinajstić information content (AvgIpc) is 2.18. The van der Waals surface area contributed by atoms with E-state index in [0.717, 1.165) is 11.1 Å². The molecule has 0 heterocycles. The van der Waals surface area contributed by atoms with Crippen LogP contribution in [0.2, 0.25) is 0 Å². The number of hydrogen-bond donors (Lipinski definition) is 0. The fraction of sp³-hybridized carbons (Fsp3) is 0.364. The first-order valence-electron chi connectivity index (χ1n) is 4.49. The lowest BCUT2D eigenvalue weighted by Crippen LogP contribution is -2.09. The molecule has 0 aliphatic rings. The Morgan fingerprint density at radius 3 is 2.57 bits per heavy atom. The van der Waals surface area contributed by atoms with Gasteiger partial charge in [-0.15, -0.1) is 0 Å². The highest BCUT2D eigenvalue weighted by atomic mass is 19.1. The van der Waals surface area contributed by atoms with Gasteiger partial charge in [0.2, 0.25) is 0 Å². The minimum atomic E-state index is -0.625. The van der Waals surface area contributed by atoms with Gasteiger partial charge in [-0.3, -0.25) is 4.79 Å². The number of aryl methyl sites for hydroxylation is 1. The zero-order valence-electron chi connectivity index (χ0n) is 8.13. The van der Waals surface area contributed by atoms with E-state index in [4.69, 9.17) is 0 Å². The fourth-order valence-corrected chi connectivity index (χ4v) is 1.08. The Balaban J connectivity index is 2.44. The maximum atomic E-state index is 11.7. The number of esters is 1. The molecule has 0 bridgehead atoms. The first-order valence-corrected chi connectivity index (χ1v) is 4.49. The number of carbonyl (C=O) groups excluding carboxylic acids is 1. The topological polar surface area (TPSA) is 26.3 Å². The number of rotatable bonds is 4. The predicted molar refractivity (Wildman–Crippen MR) is 51.8 cm³/mol. The third-order valence-corrected chi connectivity index (χ3v) is 1.81. The van der Waals surface area contributed by atoms with Gasteiger partial charge in [-0.1, -0.05) is 29.8 Å². The average molecular weight is 196 g/mol. The van der Waals surface area contributed by atoms with Gasteiger partial charge in [-0.2, -0.15) is 0 Å². The van der Waals surface area contributed by atoms with E-state index in [1.807, 2.05) is 31.2 Å². The van der Waals surface area contributed by atoms with Gasteiger partial charge in [-0.05, 0) is 12.5 Å². The summed E-state index contributed by atoms with van der Waals surface area (Å²) < 4.78 is 16.3. The molecule has 14 heavy (non-hydrogen) atoms. The second-order valence-corrected chi connectivity index (χ2v) is 3.07. The van der Waals surface area contributed by atoms with Crippen LogP contribution < -0.4 is 0 Å². The Labute approximate surface area is 82.7 Å². The van der Waals surface area contributed by atoms with Crippen LogP contribution in [0.1, 0.15) is 11.1 Å². The molecule has 76 valence electrons. The molecule has 0 aliphatic heterocycles. The molecule has 0 N–H and O–H groups in total. The van der Waals surface area contributed by atoms with Gasteiger partial charge in [0, 0.05) is 0 Å². The monoisotopic (exact) mass is 196 g/mol. The lowest BCUT2D eigenvalue weighted by atomic mass is 10.1. The highest BCUT2D eigenvalue weighted by Gasteiger charge is 2.03. The van der Waals surface area contributed by atoms with Crippen LogP contribution in [0, 0.1) is 6.92 Å². The molecule has 0 saturated carbocycles. The molecule has 0 saturated heterocycles. The summed E-state index contributed by atoms with van der Waals surface area (Å²) >= 11 is 0. The molecule has 1 aromatic rings. The number of halogens is 1. The van der Waals surface area contributed by atoms with Gasteiger partial charge >= 0.3 is 5.97 Å². The van der Waals surface area contributed by atoms with Crippen molar-refractivity contribution in [3.63, 3.8) is 0 Å². The zero-order chi connectivity index (χ0) is 10.4. The fourth-order valence-electron chi connectivity index (χ4n) is 1.08. The zero-order valence-corrected chi connectivity index (χ0v) is 8.13. The largest absolute Gasteiger partial charge is 0.463 e. The smallest absolute Gasteiger partial charge is 0.310 e. The second kappa shape index (κ2) is 5.37. The molecule has 0 radical (unpaired) electrons. The van der Waals surface area contributed by atoms with Crippen LogP contribution in [0.15, 0.2) is 24.3 Å². The third-order valence-electron chi connectivity index (χ3n) is 1.81. The van der Waals surface area contributed by atoms with Crippen LogP contribution in [0.4, 0.5) is 4.39 Å². The summed E-state index contributed by atoms with van der Waals surface area (Å²) in [7, 11) is 0. The molecule has 0 aliphatic carbocycles. The van der Waals surface area contributed by atoms with Crippen molar-refractivity contribution in [3.8, 4) is 0 Å². The van der Waals surface area contributed by atoms with E-state index < -0.39 is 6.67 Å². The van der Waals surface area contributed by atoms with Gasteiger partial charge in [0.15, 0.2) is 0 Å². The number of ether oxygens (including phenoxy) is 1. The summed E-state index contributed by atoms with van der Waals surface area (Å²) in [5.41, 5.74) is 2.03. The lowest BCUT2D eigenvalue weighted by molar-refractivity contribution is -0.143. The van der Waals surface area contributed by atoms with E-state index in [1.54, 1.807) is 0 Å². The molecular formula is C11H13FO2. The lowest BCUT2D eigenvalue weighted by Gasteiger charge is -2.02. The molecule has 0 aromatic heterocycles. The first-order chi connectivity index (χ1) is 6.72. The van der Waals surface area contributed by atoms with E-state index in [9.17, 15) is 9.18 Å². The molecular weight excluding hydrogens is 183 g/mol. The van der Waals surface area contributed by atoms with Crippen LogP contribution in [-0.2, 0) is 16.0 Å². The van der Waals surface area contributed by atoms with Crippen molar-refractivity contribution in [2.24, 2.45) is 0 Å². The maximum absolute atomic E-state index is 11.7. The molecule has 0 amide bonds. The summed E-state index contributed by atoms with van der Waals surface area (Å²) in [6.45, 7) is 1.20. The van der Waals surface area contributed by atoms with E-state index in [1.165, 1.54) is 0 Å². The molecule has 0 atom stereocenters. The quantitative estimate of drug-likeness (QED) is 0.689. The summed E-state index contributed by atoms with van der Waals surface area (Å²) in [6, 6.07) is 7.59. The van der Waals surface area contributed by atoms with Crippen LogP contribution in [0.3, 0.4) is 0 Å². The highest BCUT2D eigenvalue weighted by molar-refractivity contribution is 5.72. The summed E-state index contributed by atoms with van der Waals surface area (Å²) in [5.74, 6) is -0.383. The van der Waals surface area contributed by atoms with Crippen molar-refractivity contribution >= 4 is 5.97 Å². The minimum absolute atomic E-state index is 0.148. The van der Waals surface area contributed by atoms with Gasteiger partial charge in [0.25, 0.3) is 0 Å². The molecule has 3 heteroatoms. The van der Waals surface area contributed by atoms with Gasteiger partial charge in [0.05, 0.1) is 6.42 Å². The standard InChI is InChI=1S/C11H13FO2/c1-9-2-4-10(5-3-9)8-11(13)14-7-6-12/h2-5H,6-8H2,1H3.